The number of aryl methyl sites for hydroxylation is 3. The number of benzene rings is 3. The Balaban J connectivity index is 1.80. The third-order valence-electron chi connectivity index (χ3n) is 5.72. The van der Waals surface area contributed by atoms with Crippen LogP contribution in [0.4, 0.5) is 0 Å². The highest BCUT2D eigenvalue weighted by atomic mass is 31.1. The Kier molecular flexibility index (Phi) is 6.86. The van der Waals surface area contributed by atoms with Crippen molar-refractivity contribution in [2.24, 2.45) is 0 Å². The molecule has 4 aromatic rings. The van der Waals surface area contributed by atoms with Crippen LogP contribution in [-0.2, 0) is 12.8 Å². The number of nitrogens with one attached hydrogen (secondary N) is 1. The molecule has 1 heterocycles. The van der Waals surface area contributed by atoms with Crippen molar-refractivity contribution in [2.45, 2.75) is 19.8 Å². The average Bonchev–Trinajstić information content (AvgIpc) is 3.18. The third kappa shape index (κ3) is 4.45. The van der Waals surface area contributed by atoms with Gasteiger partial charge in [-0.05, 0) is 60.4 Å². The summed E-state index contributed by atoms with van der Waals surface area (Å²) in [5, 5.41) is 11.7. The standard InChI is InChI=1S/C26H29N3P2/c1-19-9-7-13-22(30-2)24(19)28-17-18-29(26(28)27)25-21(12-8-14-23(25)31-3)16-15-20-10-5-4-6-11-20/h4-14,17-18,27,30-31H,15-16H2,1-3H3. The molecule has 0 aliphatic carbocycles. The summed E-state index contributed by atoms with van der Waals surface area (Å²) in [4.78, 5) is 0. The highest BCUT2D eigenvalue weighted by molar-refractivity contribution is 7.46. The van der Waals surface area contributed by atoms with E-state index in [0.29, 0.717) is 22.8 Å². The average molecular weight is 445 g/mol. The van der Waals surface area contributed by atoms with Crippen molar-refractivity contribution in [3.63, 3.8) is 0 Å². The van der Waals surface area contributed by atoms with Gasteiger partial charge in [0, 0.05) is 12.4 Å². The van der Waals surface area contributed by atoms with E-state index in [2.05, 4.69) is 97.7 Å². The number of hydrogen-bond acceptors (Lipinski definition) is 1. The number of rotatable bonds is 7. The van der Waals surface area contributed by atoms with E-state index in [1.54, 1.807) is 0 Å². The Morgan fingerprint density at radius 2 is 1.32 bits per heavy atom. The van der Waals surface area contributed by atoms with Crippen molar-refractivity contribution in [1.82, 2.24) is 9.13 Å². The molecule has 158 valence electrons. The smallest absolute Gasteiger partial charge is 0.211 e. The molecule has 0 amide bonds. The molecule has 1 N–H and O–H groups in total. The number of nitrogens with zero attached hydrogens (tertiary/aromatic N) is 2. The van der Waals surface area contributed by atoms with Crippen molar-refractivity contribution in [3.05, 3.63) is 101 Å². The minimum atomic E-state index is 0.500. The van der Waals surface area contributed by atoms with Crippen molar-refractivity contribution in [2.75, 3.05) is 13.3 Å². The van der Waals surface area contributed by atoms with Crippen LogP contribution < -0.4 is 16.2 Å². The summed E-state index contributed by atoms with van der Waals surface area (Å²) in [6.45, 7) is 6.56. The van der Waals surface area contributed by atoms with Gasteiger partial charge in [-0.15, -0.1) is 0 Å². The monoisotopic (exact) mass is 445 g/mol. The van der Waals surface area contributed by atoms with Crippen LogP contribution in [0.15, 0.2) is 79.1 Å². The molecule has 0 saturated heterocycles. The molecule has 0 fully saturated rings. The second kappa shape index (κ2) is 9.77. The zero-order valence-electron chi connectivity index (χ0n) is 18.3. The van der Waals surface area contributed by atoms with Gasteiger partial charge >= 0.3 is 0 Å². The second-order valence-corrected chi connectivity index (χ2v) is 9.71. The summed E-state index contributed by atoms with van der Waals surface area (Å²) < 4.78 is 4.11. The molecule has 0 saturated carbocycles. The lowest BCUT2D eigenvalue weighted by Gasteiger charge is -2.16. The molecular weight excluding hydrogens is 416 g/mol. The molecule has 0 aliphatic rings. The number of aromatic nitrogens is 2. The second-order valence-electron chi connectivity index (χ2n) is 7.63. The fourth-order valence-corrected chi connectivity index (χ4v) is 5.73. The first-order chi connectivity index (χ1) is 15.1. The topological polar surface area (TPSA) is 33.7 Å². The molecule has 5 heteroatoms. The SMILES string of the molecule is CPc1cccc(C)c1-n1ccn(-c2c(CCc3ccccc3)cccc2PC)c1=N. The van der Waals surface area contributed by atoms with Crippen molar-refractivity contribution in [1.29, 1.82) is 5.41 Å². The summed E-state index contributed by atoms with van der Waals surface area (Å²) in [7, 11) is 1.37. The lowest BCUT2D eigenvalue weighted by Crippen LogP contribution is -2.28. The molecule has 31 heavy (non-hydrogen) atoms. The van der Waals surface area contributed by atoms with Crippen LogP contribution >= 0.6 is 17.2 Å². The molecule has 0 aliphatic heterocycles. The van der Waals surface area contributed by atoms with Gasteiger partial charge in [-0.25, -0.2) is 0 Å². The first-order valence-electron chi connectivity index (χ1n) is 10.6. The van der Waals surface area contributed by atoms with Gasteiger partial charge in [-0.3, -0.25) is 14.5 Å². The van der Waals surface area contributed by atoms with Gasteiger partial charge in [0.2, 0.25) is 5.62 Å². The highest BCUT2D eigenvalue weighted by Gasteiger charge is 2.15. The van der Waals surface area contributed by atoms with Crippen molar-refractivity contribution >= 4 is 27.8 Å². The highest BCUT2D eigenvalue weighted by Crippen LogP contribution is 2.21. The fourth-order valence-electron chi connectivity index (χ4n) is 4.13. The maximum absolute atomic E-state index is 9.07. The van der Waals surface area contributed by atoms with E-state index in [-0.39, 0.29) is 0 Å². The minimum Gasteiger partial charge on any atom is -0.285 e. The van der Waals surface area contributed by atoms with E-state index < -0.39 is 0 Å². The fraction of sp³-hybridized carbons (Fsp3) is 0.192. The van der Waals surface area contributed by atoms with E-state index in [1.807, 2.05) is 10.8 Å². The lowest BCUT2D eigenvalue weighted by atomic mass is 10.0. The van der Waals surface area contributed by atoms with E-state index in [0.717, 1.165) is 18.5 Å². The molecule has 4 rings (SSSR count). The molecule has 1 aromatic heterocycles. The Bertz CT molecular complexity index is 1240. The zero-order valence-corrected chi connectivity index (χ0v) is 20.3. The predicted octanol–water partition coefficient (Wildman–Crippen LogP) is 4.71. The Morgan fingerprint density at radius 3 is 2.00 bits per heavy atom. The van der Waals surface area contributed by atoms with Crippen LogP contribution in [0.1, 0.15) is 16.7 Å². The predicted molar refractivity (Wildman–Crippen MR) is 137 cm³/mol. The van der Waals surface area contributed by atoms with Crippen molar-refractivity contribution < 1.29 is 0 Å². The number of imidazole rings is 1. The summed E-state index contributed by atoms with van der Waals surface area (Å²) in [6, 6.07) is 23.7. The maximum Gasteiger partial charge on any atom is 0.211 e. The first-order valence-corrected chi connectivity index (χ1v) is 13.6. The van der Waals surface area contributed by atoms with Gasteiger partial charge in [0.25, 0.3) is 0 Å². The molecule has 2 unspecified atom stereocenters. The van der Waals surface area contributed by atoms with E-state index in [4.69, 9.17) is 5.41 Å². The van der Waals surface area contributed by atoms with Gasteiger partial charge in [0.15, 0.2) is 0 Å². The maximum atomic E-state index is 9.07. The van der Waals surface area contributed by atoms with Crippen LogP contribution in [0.5, 0.6) is 0 Å². The largest absolute Gasteiger partial charge is 0.285 e. The van der Waals surface area contributed by atoms with Crippen LogP contribution in [0.25, 0.3) is 11.4 Å². The molecule has 0 bridgehead atoms. The third-order valence-corrected chi connectivity index (χ3v) is 7.61. The minimum absolute atomic E-state index is 0.500. The summed E-state index contributed by atoms with van der Waals surface area (Å²) in [5.74, 6) is 0. The van der Waals surface area contributed by atoms with Gasteiger partial charge < -0.3 is 0 Å². The van der Waals surface area contributed by atoms with E-state index in [9.17, 15) is 0 Å². The van der Waals surface area contributed by atoms with Crippen LogP contribution in [0.2, 0.25) is 0 Å². The molecular formula is C26H29N3P2. The van der Waals surface area contributed by atoms with Gasteiger partial charge in [-0.1, -0.05) is 83.9 Å². The van der Waals surface area contributed by atoms with Gasteiger partial charge in [0.1, 0.15) is 0 Å². The Hall–Kier alpha value is -2.47. The first kappa shape index (κ1) is 21.8. The molecule has 0 radical (unpaired) electrons. The van der Waals surface area contributed by atoms with Crippen LogP contribution in [0.3, 0.4) is 0 Å². The van der Waals surface area contributed by atoms with Crippen LogP contribution in [0, 0.1) is 12.3 Å². The summed E-state index contributed by atoms with van der Waals surface area (Å²) >= 11 is 0. The van der Waals surface area contributed by atoms with Crippen molar-refractivity contribution in [3.8, 4) is 11.4 Å². The van der Waals surface area contributed by atoms with E-state index >= 15 is 0 Å². The molecule has 2 atom stereocenters. The molecule has 3 aromatic carbocycles. The van der Waals surface area contributed by atoms with Gasteiger partial charge in [-0.2, -0.15) is 0 Å². The molecule has 0 spiro atoms. The lowest BCUT2D eigenvalue weighted by molar-refractivity contribution is 0.825. The van der Waals surface area contributed by atoms with E-state index in [1.165, 1.54) is 33.0 Å². The summed E-state index contributed by atoms with van der Waals surface area (Å²) in [5.41, 5.74) is 6.68. The Labute approximate surface area is 188 Å². The zero-order chi connectivity index (χ0) is 21.8. The van der Waals surface area contributed by atoms with Gasteiger partial charge in [0.05, 0.1) is 11.4 Å². The number of para-hydroxylation sites is 2. The quantitative estimate of drug-likeness (QED) is 0.400. The molecule has 3 nitrogen and oxygen atoms in total. The summed E-state index contributed by atoms with van der Waals surface area (Å²) in [6.07, 6.45) is 6.06. The number of hydrogen-bond donors (Lipinski definition) is 1. The Morgan fingerprint density at radius 1 is 0.710 bits per heavy atom. The normalized spacial score (nSPS) is 11.8. The van der Waals surface area contributed by atoms with Crippen LogP contribution in [-0.4, -0.2) is 22.5 Å².